The lowest BCUT2D eigenvalue weighted by atomic mass is 10.2. The second-order valence-corrected chi connectivity index (χ2v) is 4.70. The van der Waals surface area contributed by atoms with Crippen LogP contribution < -0.4 is 10.1 Å². The van der Waals surface area contributed by atoms with Crippen LogP contribution in [0.5, 0.6) is 5.75 Å². The molecule has 0 saturated carbocycles. The molecule has 0 spiro atoms. The Balaban J connectivity index is 1.70. The maximum atomic E-state index is 13.3. The number of para-hydroxylation sites is 1. The lowest BCUT2D eigenvalue weighted by Gasteiger charge is -2.14. The van der Waals surface area contributed by atoms with E-state index in [0.29, 0.717) is 12.2 Å². The zero-order chi connectivity index (χ0) is 15.8. The van der Waals surface area contributed by atoms with Crippen molar-refractivity contribution < 1.29 is 23.4 Å². The molecule has 1 atom stereocenters. The largest absolute Gasteiger partial charge is 0.491 e. The quantitative estimate of drug-likeness (QED) is 0.735. The summed E-state index contributed by atoms with van der Waals surface area (Å²) in [6, 6.07) is 8.93. The number of amides is 1. The van der Waals surface area contributed by atoms with Gasteiger partial charge in [-0.1, -0.05) is 12.1 Å². The standard InChI is InChI=1S/C16H18FNO4/c17-12-5-1-2-6-14(12)21-10-4-8-16(20)18-13(11-19)15-7-3-9-22-15/h1-3,5-7,9,13,19H,4,8,10-11H2,(H,18,20). The van der Waals surface area contributed by atoms with Gasteiger partial charge < -0.3 is 19.6 Å². The second kappa shape index (κ2) is 8.19. The fourth-order valence-electron chi connectivity index (χ4n) is 1.94. The van der Waals surface area contributed by atoms with Crippen LogP contribution in [0.1, 0.15) is 24.6 Å². The van der Waals surface area contributed by atoms with Crippen molar-refractivity contribution in [3.8, 4) is 5.75 Å². The summed E-state index contributed by atoms with van der Waals surface area (Å²) in [7, 11) is 0. The zero-order valence-corrected chi connectivity index (χ0v) is 12.0. The van der Waals surface area contributed by atoms with Gasteiger partial charge in [-0.05, 0) is 30.7 Å². The van der Waals surface area contributed by atoms with E-state index < -0.39 is 11.9 Å². The normalized spacial score (nSPS) is 11.9. The molecule has 2 N–H and O–H groups in total. The van der Waals surface area contributed by atoms with Crippen molar-refractivity contribution >= 4 is 5.91 Å². The molecule has 0 aliphatic rings. The van der Waals surface area contributed by atoms with Gasteiger partial charge in [-0.15, -0.1) is 0 Å². The minimum atomic E-state index is -0.560. The first-order chi connectivity index (χ1) is 10.7. The van der Waals surface area contributed by atoms with Gasteiger partial charge in [0.25, 0.3) is 0 Å². The molecule has 0 fully saturated rings. The van der Waals surface area contributed by atoms with E-state index in [0.717, 1.165) is 0 Å². The fourth-order valence-corrected chi connectivity index (χ4v) is 1.94. The van der Waals surface area contributed by atoms with Gasteiger partial charge in [0, 0.05) is 6.42 Å². The Morgan fingerprint density at radius 3 is 2.82 bits per heavy atom. The molecule has 22 heavy (non-hydrogen) atoms. The van der Waals surface area contributed by atoms with E-state index in [-0.39, 0.29) is 31.3 Å². The van der Waals surface area contributed by atoms with Crippen molar-refractivity contribution in [2.24, 2.45) is 0 Å². The Kier molecular flexibility index (Phi) is 5.97. The molecule has 2 aromatic rings. The molecule has 6 heteroatoms. The lowest BCUT2D eigenvalue weighted by Crippen LogP contribution is -2.30. The molecule has 0 aliphatic heterocycles. The summed E-state index contributed by atoms with van der Waals surface area (Å²) in [6.07, 6.45) is 2.13. The van der Waals surface area contributed by atoms with E-state index in [9.17, 15) is 14.3 Å². The number of rotatable bonds is 8. The number of nitrogens with one attached hydrogen (secondary N) is 1. The smallest absolute Gasteiger partial charge is 0.220 e. The molecule has 1 aromatic carbocycles. The van der Waals surface area contributed by atoms with Crippen LogP contribution in [-0.2, 0) is 4.79 Å². The second-order valence-electron chi connectivity index (χ2n) is 4.70. The average molecular weight is 307 g/mol. The number of aliphatic hydroxyl groups is 1. The third kappa shape index (κ3) is 4.60. The number of halogens is 1. The van der Waals surface area contributed by atoms with E-state index in [4.69, 9.17) is 9.15 Å². The Morgan fingerprint density at radius 2 is 2.14 bits per heavy atom. The van der Waals surface area contributed by atoms with Crippen LogP contribution in [0.25, 0.3) is 0 Å². The molecule has 1 heterocycles. The maximum absolute atomic E-state index is 13.3. The Hall–Kier alpha value is -2.34. The summed E-state index contributed by atoms with van der Waals surface area (Å²) in [5.74, 6) is 0.0166. The Labute approximate surface area is 127 Å². The maximum Gasteiger partial charge on any atom is 0.220 e. The van der Waals surface area contributed by atoms with Crippen LogP contribution in [0.15, 0.2) is 47.1 Å². The molecule has 2 rings (SSSR count). The third-order valence-corrected chi connectivity index (χ3v) is 3.05. The van der Waals surface area contributed by atoms with Crippen LogP contribution in [0.2, 0.25) is 0 Å². The van der Waals surface area contributed by atoms with E-state index in [1.807, 2.05) is 0 Å². The van der Waals surface area contributed by atoms with Gasteiger partial charge in [-0.3, -0.25) is 4.79 Å². The molecule has 1 unspecified atom stereocenters. The van der Waals surface area contributed by atoms with Crippen LogP contribution in [0, 0.1) is 5.82 Å². The number of ether oxygens (including phenoxy) is 1. The summed E-state index contributed by atoms with van der Waals surface area (Å²) in [6.45, 7) is -0.0100. The molecule has 5 nitrogen and oxygen atoms in total. The summed E-state index contributed by atoms with van der Waals surface area (Å²) < 4.78 is 23.7. The van der Waals surface area contributed by atoms with Gasteiger partial charge >= 0.3 is 0 Å². The summed E-state index contributed by atoms with van der Waals surface area (Å²) in [4.78, 5) is 11.8. The first-order valence-corrected chi connectivity index (χ1v) is 7.01. The fraction of sp³-hybridized carbons (Fsp3) is 0.312. The highest BCUT2D eigenvalue weighted by molar-refractivity contribution is 5.76. The summed E-state index contributed by atoms with van der Waals surface area (Å²) in [5, 5.41) is 11.9. The Morgan fingerprint density at radius 1 is 1.32 bits per heavy atom. The van der Waals surface area contributed by atoms with Crippen LogP contribution in [-0.4, -0.2) is 24.2 Å². The SMILES string of the molecule is O=C(CCCOc1ccccc1F)NC(CO)c1ccco1. The Bertz CT molecular complexity index is 586. The van der Waals surface area contributed by atoms with Crippen molar-refractivity contribution in [1.29, 1.82) is 0 Å². The number of hydrogen-bond donors (Lipinski definition) is 2. The minimum absolute atomic E-state index is 0.173. The highest BCUT2D eigenvalue weighted by Gasteiger charge is 2.15. The zero-order valence-electron chi connectivity index (χ0n) is 12.0. The van der Waals surface area contributed by atoms with Gasteiger partial charge in [0.1, 0.15) is 11.8 Å². The molecule has 1 amide bonds. The number of furan rings is 1. The topological polar surface area (TPSA) is 71.7 Å². The predicted molar refractivity (Wildman–Crippen MR) is 77.8 cm³/mol. The van der Waals surface area contributed by atoms with Gasteiger partial charge in [0.15, 0.2) is 11.6 Å². The van der Waals surface area contributed by atoms with Crippen LogP contribution >= 0.6 is 0 Å². The summed E-state index contributed by atoms with van der Waals surface area (Å²) in [5.41, 5.74) is 0. The molecule has 0 saturated heterocycles. The predicted octanol–water partition coefficient (Wildman–Crippen LogP) is 2.43. The summed E-state index contributed by atoms with van der Waals surface area (Å²) >= 11 is 0. The average Bonchev–Trinajstić information content (AvgIpc) is 3.05. The first kappa shape index (κ1) is 16.0. The third-order valence-electron chi connectivity index (χ3n) is 3.05. The first-order valence-electron chi connectivity index (χ1n) is 7.01. The lowest BCUT2D eigenvalue weighted by molar-refractivity contribution is -0.122. The van der Waals surface area contributed by atoms with Crippen molar-refractivity contribution in [3.05, 3.63) is 54.2 Å². The molecule has 0 aliphatic carbocycles. The van der Waals surface area contributed by atoms with Gasteiger partial charge in [0.05, 0.1) is 19.5 Å². The van der Waals surface area contributed by atoms with Crippen molar-refractivity contribution in [1.82, 2.24) is 5.32 Å². The van der Waals surface area contributed by atoms with Crippen LogP contribution in [0.4, 0.5) is 4.39 Å². The molecular formula is C16H18FNO4. The molecule has 1 aromatic heterocycles. The van der Waals surface area contributed by atoms with Crippen LogP contribution in [0.3, 0.4) is 0 Å². The van der Waals surface area contributed by atoms with E-state index >= 15 is 0 Å². The van der Waals surface area contributed by atoms with Gasteiger partial charge in [-0.2, -0.15) is 0 Å². The number of carbonyl (C=O) groups is 1. The minimum Gasteiger partial charge on any atom is -0.491 e. The van der Waals surface area contributed by atoms with E-state index in [1.54, 1.807) is 24.3 Å². The number of aliphatic hydroxyl groups excluding tert-OH is 1. The highest BCUT2D eigenvalue weighted by atomic mass is 19.1. The number of benzene rings is 1. The van der Waals surface area contributed by atoms with E-state index in [2.05, 4.69) is 5.32 Å². The van der Waals surface area contributed by atoms with Crippen molar-refractivity contribution in [2.75, 3.05) is 13.2 Å². The van der Waals surface area contributed by atoms with E-state index in [1.165, 1.54) is 18.4 Å². The number of hydrogen-bond acceptors (Lipinski definition) is 4. The molecular weight excluding hydrogens is 289 g/mol. The van der Waals surface area contributed by atoms with Crippen molar-refractivity contribution in [2.45, 2.75) is 18.9 Å². The van der Waals surface area contributed by atoms with Gasteiger partial charge in [-0.25, -0.2) is 4.39 Å². The monoisotopic (exact) mass is 307 g/mol. The molecule has 118 valence electrons. The molecule has 0 radical (unpaired) electrons. The van der Waals surface area contributed by atoms with Gasteiger partial charge in [0.2, 0.25) is 5.91 Å². The van der Waals surface area contributed by atoms with Crippen molar-refractivity contribution in [3.63, 3.8) is 0 Å². The highest BCUT2D eigenvalue weighted by Crippen LogP contribution is 2.16. The number of carbonyl (C=O) groups excluding carboxylic acids is 1. The molecule has 0 bridgehead atoms.